The van der Waals surface area contributed by atoms with Gasteiger partial charge in [-0.3, -0.25) is 4.79 Å². The Morgan fingerprint density at radius 3 is 2.93 bits per heavy atom. The molecule has 1 aliphatic carbocycles. The van der Waals surface area contributed by atoms with Crippen molar-refractivity contribution >= 4 is 5.97 Å². The fourth-order valence-corrected chi connectivity index (χ4v) is 2.66. The highest BCUT2D eigenvalue weighted by molar-refractivity contribution is 5.74. The quantitative estimate of drug-likeness (QED) is 0.617. The zero-order valence-corrected chi connectivity index (χ0v) is 9.40. The van der Waals surface area contributed by atoms with Crippen molar-refractivity contribution in [3.63, 3.8) is 0 Å². The van der Waals surface area contributed by atoms with Crippen LogP contribution in [0, 0.1) is 17.8 Å². The highest BCUT2D eigenvalue weighted by Gasteiger charge is 2.42. The van der Waals surface area contributed by atoms with Crippen LogP contribution in [0.15, 0.2) is 24.3 Å². The van der Waals surface area contributed by atoms with Gasteiger partial charge in [-0.05, 0) is 24.3 Å². The Bertz CT molecular complexity index is 316. The van der Waals surface area contributed by atoms with E-state index in [-0.39, 0.29) is 18.0 Å². The van der Waals surface area contributed by atoms with Gasteiger partial charge in [-0.25, -0.2) is 0 Å². The maximum atomic E-state index is 11.4. The monoisotopic (exact) mass is 206 g/mol. The van der Waals surface area contributed by atoms with Crippen LogP contribution in [-0.2, 0) is 9.53 Å². The number of fused-ring (bicyclic) bond motifs is 1. The van der Waals surface area contributed by atoms with Crippen LogP contribution in [-0.4, -0.2) is 12.1 Å². The summed E-state index contributed by atoms with van der Waals surface area (Å²) in [7, 11) is 0. The maximum absolute atomic E-state index is 11.4. The molecule has 2 nitrogen and oxygen atoms in total. The summed E-state index contributed by atoms with van der Waals surface area (Å²) in [6.45, 7) is 7.98. The number of ether oxygens (including phenoxy) is 1. The molecule has 0 radical (unpaired) electrons. The van der Waals surface area contributed by atoms with Crippen molar-refractivity contribution in [2.75, 3.05) is 0 Å². The first-order valence-electron chi connectivity index (χ1n) is 5.66. The molecule has 0 unspecified atom stereocenters. The van der Waals surface area contributed by atoms with E-state index in [1.54, 1.807) is 0 Å². The smallest absolute Gasteiger partial charge is 0.309 e. The molecule has 15 heavy (non-hydrogen) atoms. The molecule has 2 aliphatic rings. The Balaban J connectivity index is 2.21. The maximum Gasteiger partial charge on any atom is 0.309 e. The minimum atomic E-state index is -0.0207. The van der Waals surface area contributed by atoms with E-state index in [1.807, 2.05) is 13.0 Å². The summed E-state index contributed by atoms with van der Waals surface area (Å²) in [5.41, 5.74) is 1.30. The van der Waals surface area contributed by atoms with Gasteiger partial charge < -0.3 is 4.74 Å². The Morgan fingerprint density at radius 2 is 2.27 bits per heavy atom. The average Bonchev–Trinajstić information content (AvgIpc) is 2.39. The van der Waals surface area contributed by atoms with E-state index in [4.69, 9.17) is 4.74 Å². The number of esters is 1. The predicted octanol–water partition coefficient (Wildman–Crippen LogP) is 2.71. The highest BCUT2D eigenvalue weighted by Crippen LogP contribution is 2.38. The van der Waals surface area contributed by atoms with Crippen LogP contribution in [0.5, 0.6) is 0 Å². The first-order valence-corrected chi connectivity index (χ1v) is 5.66. The number of allylic oxidation sites excluding steroid dienone is 3. The zero-order chi connectivity index (χ0) is 11.0. The van der Waals surface area contributed by atoms with Crippen LogP contribution in [0.3, 0.4) is 0 Å². The molecule has 82 valence electrons. The van der Waals surface area contributed by atoms with Gasteiger partial charge in [-0.2, -0.15) is 0 Å². The van der Waals surface area contributed by atoms with Gasteiger partial charge in [0.1, 0.15) is 6.10 Å². The van der Waals surface area contributed by atoms with E-state index in [2.05, 4.69) is 19.6 Å². The van der Waals surface area contributed by atoms with Gasteiger partial charge in [0.2, 0.25) is 0 Å². The lowest BCUT2D eigenvalue weighted by atomic mass is 9.87. The third-order valence-corrected chi connectivity index (χ3v) is 3.78. The molecule has 0 aromatic carbocycles. The largest absolute Gasteiger partial charge is 0.462 e. The van der Waals surface area contributed by atoms with Crippen LogP contribution >= 0.6 is 0 Å². The second kappa shape index (κ2) is 3.84. The highest BCUT2D eigenvalue weighted by atomic mass is 16.6. The summed E-state index contributed by atoms with van der Waals surface area (Å²) in [6, 6.07) is 0. The summed E-state index contributed by atoms with van der Waals surface area (Å²) in [5.74, 6) is 0.864. The summed E-state index contributed by atoms with van der Waals surface area (Å²) >= 11 is 0. The zero-order valence-electron chi connectivity index (χ0n) is 9.40. The molecule has 2 heteroatoms. The fourth-order valence-electron chi connectivity index (χ4n) is 2.66. The summed E-state index contributed by atoms with van der Waals surface area (Å²) in [5, 5.41) is 0. The number of carbonyl (C=O) groups is 1. The van der Waals surface area contributed by atoms with Crippen molar-refractivity contribution in [2.45, 2.75) is 32.8 Å². The number of hydrogen-bond acceptors (Lipinski definition) is 2. The van der Waals surface area contributed by atoms with E-state index < -0.39 is 0 Å². The van der Waals surface area contributed by atoms with Gasteiger partial charge in [0.05, 0.1) is 5.92 Å². The predicted molar refractivity (Wildman–Crippen MR) is 59.2 cm³/mol. The van der Waals surface area contributed by atoms with Gasteiger partial charge >= 0.3 is 5.97 Å². The van der Waals surface area contributed by atoms with E-state index in [1.165, 1.54) is 5.57 Å². The molecule has 0 bridgehead atoms. The molecule has 0 aromatic rings. The molecule has 0 spiro atoms. The van der Waals surface area contributed by atoms with E-state index in [9.17, 15) is 4.79 Å². The Kier molecular flexibility index (Phi) is 2.68. The van der Waals surface area contributed by atoms with Crippen LogP contribution in [0.1, 0.15) is 26.7 Å². The minimum absolute atomic E-state index is 0.0207. The van der Waals surface area contributed by atoms with Gasteiger partial charge in [-0.15, -0.1) is 0 Å². The van der Waals surface area contributed by atoms with Gasteiger partial charge in [0.15, 0.2) is 0 Å². The lowest BCUT2D eigenvalue weighted by molar-refractivity contribution is -0.144. The minimum Gasteiger partial charge on any atom is -0.462 e. The Hall–Kier alpha value is -1.05. The molecular weight excluding hydrogens is 188 g/mol. The Labute approximate surface area is 91.0 Å². The van der Waals surface area contributed by atoms with Crippen LogP contribution in [0.2, 0.25) is 0 Å². The molecule has 0 N–H and O–H groups in total. The molecule has 1 heterocycles. The third-order valence-electron chi connectivity index (χ3n) is 3.78. The molecule has 2 rings (SSSR count). The third kappa shape index (κ3) is 1.73. The van der Waals surface area contributed by atoms with Crippen LogP contribution < -0.4 is 0 Å². The summed E-state index contributed by atoms with van der Waals surface area (Å²) in [4.78, 5) is 11.4. The van der Waals surface area contributed by atoms with Crippen molar-refractivity contribution in [3.8, 4) is 0 Å². The van der Waals surface area contributed by atoms with E-state index >= 15 is 0 Å². The van der Waals surface area contributed by atoms with Crippen LogP contribution in [0.25, 0.3) is 0 Å². The van der Waals surface area contributed by atoms with E-state index in [0.29, 0.717) is 11.8 Å². The summed E-state index contributed by atoms with van der Waals surface area (Å²) in [6.07, 6.45) is 6.16. The number of hydrogen-bond donors (Lipinski definition) is 0. The first-order chi connectivity index (χ1) is 7.13. The molecule has 1 aliphatic heterocycles. The van der Waals surface area contributed by atoms with Crippen molar-refractivity contribution in [1.29, 1.82) is 0 Å². The van der Waals surface area contributed by atoms with Gasteiger partial charge in [0, 0.05) is 5.92 Å². The van der Waals surface area contributed by atoms with Crippen molar-refractivity contribution in [1.82, 2.24) is 0 Å². The van der Waals surface area contributed by atoms with Crippen molar-refractivity contribution in [3.05, 3.63) is 24.3 Å². The normalized spacial score (nSPS) is 40.1. The van der Waals surface area contributed by atoms with Crippen molar-refractivity contribution in [2.24, 2.45) is 17.8 Å². The van der Waals surface area contributed by atoms with Gasteiger partial charge in [-0.1, -0.05) is 32.6 Å². The van der Waals surface area contributed by atoms with Crippen LogP contribution in [0.4, 0.5) is 0 Å². The molecule has 4 atom stereocenters. The molecule has 0 amide bonds. The molecule has 1 saturated heterocycles. The molecule has 0 aromatic heterocycles. The average molecular weight is 206 g/mol. The molecular formula is C13H18O2. The standard InChI is InChI=1S/C13H18O2/c1-4-10-5-6-11-9(3)13(14)15-12(11)7-8(10)2/h4-5,8-9,11-12H,1,6-7H2,2-3H3/t8-,9-,11+,12-/m0/s1. The Morgan fingerprint density at radius 1 is 1.53 bits per heavy atom. The second-order valence-electron chi connectivity index (χ2n) is 4.71. The second-order valence-corrected chi connectivity index (χ2v) is 4.71. The lowest BCUT2D eigenvalue weighted by Crippen LogP contribution is -2.19. The molecule has 0 saturated carbocycles. The number of rotatable bonds is 1. The first kappa shape index (κ1) is 10.5. The van der Waals surface area contributed by atoms with Crippen molar-refractivity contribution < 1.29 is 9.53 Å². The fraction of sp³-hybridized carbons (Fsp3) is 0.615. The molecule has 1 fully saturated rings. The topological polar surface area (TPSA) is 26.3 Å². The van der Waals surface area contributed by atoms with Gasteiger partial charge in [0.25, 0.3) is 0 Å². The lowest BCUT2D eigenvalue weighted by Gasteiger charge is -2.17. The van der Waals surface area contributed by atoms with E-state index in [0.717, 1.165) is 12.8 Å². The number of carbonyl (C=O) groups excluding carboxylic acids is 1. The summed E-state index contributed by atoms with van der Waals surface area (Å²) < 4.78 is 5.41. The SMILES string of the molecule is C=CC1=CC[C@H]2[C@H](C[C@@H]1C)OC(=O)[C@H]2C.